The van der Waals surface area contributed by atoms with E-state index in [-0.39, 0.29) is 0 Å². The fraction of sp³-hybridized carbons (Fsp3) is 0.500. The van der Waals surface area contributed by atoms with E-state index < -0.39 is 0 Å². The van der Waals surface area contributed by atoms with E-state index in [2.05, 4.69) is 26.7 Å². The van der Waals surface area contributed by atoms with E-state index in [9.17, 15) is 0 Å². The Morgan fingerprint density at radius 3 is 2.93 bits per heavy atom. The molecular formula is C8H11N5S2. The molecule has 0 radical (unpaired) electrons. The molecule has 1 N–H and O–H groups in total. The van der Waals surface area contributed by atoms with E-state index in [0.717, 1.165) is 29.4 Å². The average molecular weight is 241 g/mol. The molecule has 0 atom stereocenters. The summed E-state index contributed by atoms with van der Waals surface area (Å²) in [6, 6.07) is 0. The second-order valence-corrected chi connectivity index (χ2v) is 4.14. The molecule has 0 unspecified atom stereocenters. The molecule has 0 aliphatic carbocycles. The first-order valence-electron chi connectivity index (χ1n) is 4.74. The second-order valence-electron chi connectivity index (χ2n) is 3.00. The minimum Gasteiger partial charge on any atom is -0.300 e. The number of rotatable bonds is 3. The van der Waals surface area contributed by atoms with E-state index in [4.69, 9.17) is 12.2 Å². The quantitative estimate of drug-likeness (QED) is 0.835. The maximum atomic E-state index is 5.13. The topological polar surface area (TPSA) is 59.4 Å². The molecule has 0 fully saturated rings. The van der Waals surface area contributed by atoms with Gasteiger partial charge in [-0.2, -0.15) is 5.10 Å². The molecule has 0 saturated carbocycles. The van der Waals surface area contributed by atoms with Gasteiger partial charge in [-0.05, 0) is 37.1 Å². The third-order valence-corrected chi connectivity index (χ3v) is 3.24. The summed E-state index contributed by atoms with van der Waals surface area (Å²) >= 11 is 6.49. The van der Waals surface area contributed by atoms with Crippen molar-refractivity contribution in [2.24, 2.45) is 0 Å². The predicted octanol–water partition coefficient (Wildman–Crippen LogP) is 2.04. The normalized spacial score (nSPS) is 10.8. The van der Waals surface area contributed by atoms with Gasteiger partial charge in [0.2, 0.25) is 0 Å². The SMILES string of the molecule is CCc1nnsc1-c1n[nH]c(=S)n1CC. The summed E-state index contributed by atoms with van der Waals surface area (Å²) in [7, 11) is 0. The van der Waals surface area contributed by atoms with E-state index in [0.29, 0.717) is 4.77 Å². The maximum Gasteiger partial charge on any atom is 0.195 e. The molecule has 80 valence electrons. The highest BCUT2D eigenvalue weighted by molar-refractivity contribution is 7.71. The molecule has 2 heterocycles. The van der Waals surface area contributed by atoms with Crippen LogP contribution in [-0.4, -0.2) is 24.4 Å². The zero-order valence-corrected chi connectivity index (χ0v) is 10.2. The van der Waals surface area contributed by atoms with Gasteiger partial charge in [0.15, 0.2) is 10.6 Å². The number of aromatic nitrogens is 5. The van der Waals surface area contributed by atoms with Gasteiger partial charge in [-0.25, -0.2) is 0 Å². The number of nitrogens with one attached hydrogen (secondary N) is 1. The van der Waals surface area contributed by atoms with Crippen LogP contribution in [0.3, 0.4) is 0 Å². The number of aromatic amines is 1. The van der Waals surface area contributed by atoms with E-state index in [1.807, 2.05) is 11.5 Å². The number of hydrogen-bond acceptors (Lipinski definition) is 5. The predicted molar refractivity (Wildman–Crippen MR) is 61.4 cm³/mol. The Labute approximate surface area is 96.3 Å². The third kappa shape index (κ3) is 1.72. The Hall–Kier alpha value is -1.08. The molecule has 2 aromatic heterocycles. The summed E-state index contributed by atoms with van der Waals surface area (Å²) in [5.41, 5.74) is 0.976. The lowest BCUT2D eigenvalue weighted by atomic mass is 10.3. The molecule has 2 aromatic rings. The minimum absolute atomic E-state index is 0.642. The van der Waals surface area contributed by atoms with Gasteiger partial charge in [-0.1, -0.05) is 11.4 Å². The zero-order valence-electron chi connectivity index (χ0n) is 8.52. The van der Waals surface area contributed by atoms with Gasteiger partial charge in [0.25, 0.3) is 0 Å². The molecule has 7 heteroatoms. The molecule has 0 saturated heterocycles. The molecular weight excluding hydrogens is 230 g/mol. The van der Waals surface area contributed by atoms with Crippen LogP contribution < -0.4 is 0 Å². The molecule has 5 nitrogen and oxygen atoms in total. The standard InChI is InChI=1S/C8H11N5S2/c1-3-5-6(15-12-9-5)7-10-11-8(14)13(7)4-2/h3-4H2,1-2H3,(H,11,14). The van der Waals surface area contributed by atoms with Crippen LogP contribution in [0.5, 0.6) is 0 Å². The summed E-state index contributed by atoms with van der Waals surface area (Å²) in [4.78, 5) is 1.01. The van der Waals surface area contributed by atoms with Crippen molar-refractivity contribution in [2.45, 2.75) is 26.8 Å². The lowest BCUT2D eigenvalue weighted by Crippen LogP contribution is -1.98. The van der Waals surface area contributed by atoms with Crippen molar-refractivity contribution in [1.29, 1.82) is 0 Å². The van der Waals surface area contributed by atoms with Gasteiger partial charge in [-0.3, -0.25) is 9.67 Å². The molecule has 0 amide bonds. The molecule has 0 aromatic carbocycles. The van der Waals surface area contributed by atoms with Crippen LogP contribution in [0.15, 0.2) is 0 Å². The van der Waals surface area contributed by atoms with Crippen LogP contribution in [0.2, 0.25) is 0 Å². The average Bonchev–Trinajstić information content (AvgIpc) is 2.82. The molecule has 0 aliphatic heterocycles. The van der Waals surface area contributed by atoms with Gasteiger partial charge in [0.05, 0.1) is 5.69 Å². The number of hydrogen-bond donors (Lipinski definition) is 1. The largest absolute Gasteiger partial charge is 0.300 e. The van der Waals surface area contributed by atoms with Crippen molar-refractivity contribution in [3.63, 3.8) is 0 Å². The molecule has 2 rings (SSSR count). The first kappa shape index (κ1) is 10.4. The fourth-order valence-corrected chi connectivity index (χ4v) is 2.40. The van der Waals surface area contributed by atoms with Crippen LogP contribution in [0.1, 0.15) is 19.5 Å². The fourth-order valence-electron chi connectivity index (χ4n) is 1.39. The van der Waals surface area contributed by atoms with Crippen molar-refractivity contribution in [2.75, 3.05) is 0 Å². The molecule has 0 bridgehead atoms. The van der Waals surface area contributed by atoms with Crippen LogP contribution in [0, 0.1) is 4.77 Å². The highest BCUT2D eigenvalue weighted by Crippen LogP contribution is 2.24. The van der Waals surface area contributed by atoms with Crippen LogP contribution in [0.25, 0.3) is 10.7 Å². The van der Waals surface area contributed by atoms with E-state index in [1.165, 1.54) is 11.5 Å². The number of aryl methyl sites for hydroxylation is 1. The van der Waals surface area contributed by atoms with Gasteiger partial charge in [0.1, 0.15) is 4.88 Å². The molecule has 0 aliphatic rings. The highest BCUT2D eigenvalue weighted by atomic mass is 32.1. The maximum absolute atomic E-state index is 5.13. The first-order valence-corrected chi connectivity index (χ1v) is 5.92. The minimum atomic E-state index is 0.642. The summed E-state index contributed by atoms with van der Waals surface area (Å²) in [5, 5.41) is 11.1. The van der Waals surface area contributed by atoms with Crippen molar-refractivity contribution < 1.29 is 0 Å². The van der Waals surface area contributed by atoms with Crippen LogP contribution >= 0.6 is 23.8 Å². The number of nitrogens with zero attached hydrogens (tertiary/aromatic N) is 4. The van der Waals surface area contributed by atoms with Gasteiger partial charge >= 0.3 is 0 Å². The van der Waals surface area contributed by atoms with Crippen molar-refractivity contribution in [1.82, 2.24) is 24.4 Å². The van der Waals surface area contributed by atoms with Crippen molar-refractivity contribution in [3.05, 3.63) is 10.5 Å². The number of H-pyrrole nitrogens is 1. The summed E-state index contributed by atoms with van der Waals surface area (Å²) < 4.78 is 6.53. The summed E-state index contributed by atoms with van der Waals surface area (Å²) in [6.45, 7) is 4.89. The van der Waals surface area contributed by atoms with E-state index in [1.54, 1.807) is 0 Å². The monoisotopic (exact) mass is 241 g/mol. The van der Waals surface area contributed by atoms with Gasteiger partial charge < -0.3 is 0 Å². The third-order valence-electron chi connectivity index (χ3n) is 2.17. The van der Waals surface area contributed by atoms with E-state index >= 15 is 0 Å². The highest BCUT2D eigenvalue weighted by Gasteiger charge is 2.14. The van der Waals surface area contributed by atoms with Crippen LogP contribution in [-0.2, 0) is 13.0 Å². The first-order chi connectivity index (χ1) is 7.27. The Kier molecular flexibility index (Phi) is 2.92. The van der Waals surface area contributed by atoms with Crippen molar-refractivity contribution in [3.8, 4) is 10.7 Å². The summed E-state index contributed by atoms with van der Waals surface area (Å²) in [6.07, 6.45) is 0.856. The smallest absolute Gasteiger partial charge is 0.195 e. The van der Waals surface area contributed by atoms with Crippen molar-refractivity contribution >= 4 is 23.8 Å². The van der Waals surface area contributed by atoms with Crippen LogP contribution in [0.4, 0.5) is 0 Å². The van der Waals surface area contributed by atoms with Gasteiger partial charge in [0, 0.05) is 6.54 Å². The molecule has 15 heavy (non-hydrogen) atoms. The zero-order chi connectivity index (χ0) is 10.8. The second kappa shape index (κ2) is 4.19. The van der Waals surface area contributed by atoms with Gasteiger partial charge in [-0.15, -0.1) is 5.10 Å². The Morgan fingerprint density at radius 1 is 1.47 bits per heavy atom. The summed E-state index contributed by atoms with van der Waals surface area (Å²) in [5.74, 6) is 0.842. The molecule has 0 spiro atoms. The lowest BCUT2D eigenvalue weighted by molar-refractivity contribution is 0.755. The lowest BCUT2D eigenvalue weighted by Gasteiger charge is -2.00. The Balaban J connectivity index is 2.58. The Bertz CT molecular complexity index is 509. The Morgan fingerprint density at radius 2 is 2.27 bits per heavy atom.